The number of benzene rings is 1. The van der Waals surface area contributed by atoms with Crippen LogP contribution in [0.1, 0.15) is 36.2 Å². The summed E-state index contributed by atoms with van der Waals surface area (Å²) in [6.07, 6.45) is -3.29. The summed E-state index contributed by atoms with van der Waals surface area (Å²) in [6, 6.07) is 4.44. The van der Waals surface area contributed by atoms with Crippen LogP contribution in [-0.2, 0) is 6.18 Å². The smallest absolute Gasteiger partial charge is 0.338 e. The molecule has 110 valence electrons. The maximum atomic E-state index is 12.5. The molecule has 1 aromatic carbocycles. The molecule has 0 aliphatic carbocycles. The maximum Gasteiger partial charge on any atom is 0.416 e. The van der Waals surface area contributed by atoms with Crippen LogP contribution in [0.15, 0.2) is 24.3 Å². The van der Waals surface area contributed by atoms with Gasteiger partial charge in [-0.25, -0.2) is 0 Å². The van der Waals surface area contributed by atoms with Crippen LogP contribution in [0.3, 0.4) is 0 Å². The third kappa shape index (κ3) is 3.32. The molecule has 2 rings (SSSR count). The zero-order valence-electron chi connectivity index (χ0n) is 11.6. The Bertz CT molecular complexity index is 471. The number of halogens is 3. The first-order valence-corrected chi connectivity index (χ1v) is 6.74. The molecule has 20 heavy (non-hydrogen) atoms. The zero-order chi connectivity index (χ0) is 14.9. The van der Waals surface area contributed by atoms with Gasteiger partial charge in [-0.2, -0.15) is 13.2 Å². The highest BCUT2D eigenvalue weighted by Crippen LogP contribution is 2.29. The molecule has 0 aromatic heterocycles. The Balaban J connectivity index is 2.13. The van der Waals surface area contributed by atoms with Crippen LogP contribution < -0.4 is 0 Å². The van der Waals surface area contributed by atoms with E-state index in [0.29, 0.717) is 30.5 Å². The molecule has 1 heterocycles. The van der Waals surface area contributed by atoms with Crippen molar-refractivity contribution >= 4 is 5.91 Å². The van der Waals surface area contributed by atoms with Gasteiger partial charge in [0.2, 0.25) is 0 Å². The van der Waals surface area contributed by atoms with E-state index in [2.05, 4.69) is 13.8 Å². The van der Waals surface area contributed by atoms with Gasteiger partial charge < -0.3 is 4.90 Å². The van der Waals surface area contributed by atoms with E-state index in [0.717, 1.165) is 18.6 Å². The number of carbonyl (C=O) groups excluding carboxylic acids is 1. The van der Waals surface area contributed by atoms with Crippen LogP contribution in [0.2, 0.25) is 0 Å². The number of nitrogens with zero attached hydrogens (tertiary/aromatic N) is 1. The highest BCUT2D eigenvalue weighted by Gasteiger charge is 2.31. The number of rotatable bonds is 1. The summed E-state index contributed by atoms with van der Waals surface area (Å²) >= 11 is 0. The van der Waals surface area contributed by atoms with Gasteiger partial charge in [0, 0.05) is 18.7 Å². The molecule has 1 aliphatic heterocycles. The molecule has 1 saturated heterocycles. The van der Waals surface area contributed by atoms with Gasteiger partial charge >= 0.3 is 6.18 Å². The minimum Gasteiger partial charge on any atom is -0.338 e. The van der Waals surface area contributed by atoms with Crippen LogP contribution in [0.25, 0.3) is 0 Å². The van der Waals surface area contributed by atoms with E-state index < -0.39 is 11.7 Å². The second-order valence-corrected chi connectivity index (χ2v) is 5.73. The summed E-state index contributed by atoms with van der Waals surface area (Å²) in [6.45, 7) is 5.51. The van der Waals surface area contributed by atoms with E-state index in [1.165, 1.54) is 12.1 Å². The minimum absolute atomic E-state index is 0.183. The Morgan fingerprint density at radius 3 is 2.05 bits per heavy atom. The number of likely N-dealkylation sites (tertiary alicyclic amines) is 1. The highest BCUT2D eigenvalue weighted by atomic mass is 19.4. The summed E-state index contributed by atoms with van der Waals surface area (Å²) in [4.78, 5) is 14.0. The lowest BCUT2D eigenvalue weighted by atomic mass is 9.91. The average Bonchev–Trinajstić information content (AvgIpc) is 2.36. The highest BCUT2D eigenvalue weighted by molar-refractivity contribution is 5.94. The van der Waals surface area contributed by atoms with E-state index in [4.69, 9.17) is 0 Å². The summed E-state index contributed by atoms with van der Waals surface area (Å²) in [5.74, 6) is 0.673. The van der Waals surface area contributed by atoms with Gasteiger partial charge in [-0.3, -0.25) is 4.79 Å². The van der Waals surface area contributed by atoms with Crippen molar-refractivity contribution in [2.24, 2.45) is 11.8 Å². The van der Waals surface area contributed by atoms with Gasteiger partial charge in [0.1, 0.15) is 0 Å². The number of piperidine rings is 1. The van der Waals surface area contributed by atoms with Gasteiger partial charge in [0.05, 0.1) is 5.56 Å². The predicted molar refractivity (Wildman–Crippen MR) is 70.3 cm³/mol. The molecule has 2 nitrogen and oxygen atoms in total. The molecule has 1 amide bonds. The molecule has 2 atom stereocenters. The second-order valence-electron chi connectivity index (χ2n) is 5.73. The third-order valence-electron chi connectivity index (χ3n) is 3.62. The summed E-state index contributed by atoms with van der Waals surface area (Å²) in [5, 5.41) is 0. The number of hydrogen-bond donors (Lipinski definition) is 0. The fourth-order valence-corrected chi connectivity index (χ4v) is 2.81. The van der Waals surface area contributed by atoms with Crippen LogP contribution >= 0.6 is 0 Å². The van der Waals surface area contributed by atoms with E-state index >= 15 is 0 Å². The molecule has 5 heteroatoms. The van der Waals surface area contributed by atoms with Crippen LogP contribution in [0.5, 0.6) is 0 Å². The normalized spacial score (nSPS) is 23.8. The fraction of sp³-hybridized carbons (Fsp3) is 0.533. The van der Waals surface area contributed by atoms with E-state index in [1.807, 2.05) is 0 Å². The van der Waals surface area contributed by atoms with Crippen molar-refractivity contribution in [2.75, 3.05) is 13.1 Å². The van der Waals surface area contributed by atoms with Gasteiger partial charge in [-0.05, 0) is 42.5 Å². The first-order chi connectivity index (χ1) is 9.27. The largest absolute Gasteiger partial charge is 0.416 e. The molecule has 0 bridgehead atoms. The summed E-state index contributed by atoms with van der Waals surface area (Å²) in [7, 11) is 0. The lowest BCUT2D eigenvalue weighted by Crippen LogP contribution is -2.42. The van der Waals surface area contributed by atoms with Gasteiger partial charge in [0.15, 0.2) is 0 Å². The Labute approximate surface area is 116 Å². The van der Waals surface area contributed by atoms with Crippen molar-refractivity contribution in [2.45, 2.75) is 26.4 Å². The van der Waals surface area contributed by atoms with Gasteiger partial charge in [-0.15, -0.1) is 0 Å². The predicted octanol–water partition coefficient (Wildman–Crippen LogP) is 3.82. The molecule has 1 aromatic rings. The van der Waals surface area contributed by atoms with Gasteiger partial charge in [-0.1, -0.05) is 13.8 Å². The van der Waals surface area contributed by atoms with E-state index in [1.54, 1.807) is 4.90 Å². The average molecular weight is 285 g/mol. The van der Waals surface area contributed by atoms with Gasteiger partial charge in [0.25, 0.3) is 5.91 Å². The van der Waals surface area contributed by atoms with Crippen LogP contribution in [-0.4, -0.2) is 23.9 Å². The third-order valence-corrected chi connectivity index (χ3v) is 3.62. The van der Waals surface area contributed by atoms with Crippen molar-refractivity contribution in [3.8, 4) is 0 Å². The summed E-state index contributed by atoms with van der Waals surface area (Å²) in [5.41, 5.74) is -0.409. The number of hydrogen-bond acceptors (Lipinski definition) is 1. The van der Waals surface area contributed by atoms with Crippen LogP contribution in [0, 0.1) is 11.8 Å². The van der Waals surface area contributed by atoms with Crippen molar-refractivity contribution in [3.05, 3.63) is 35.4 Å². The Kier molecular flexibility index (Phi) is 4.06. The van der Waals surface area contributed by atoms with Crippen LogP contribution in [0.4, 0.5) is 13.2 Å². The fourth-order valence-electron chi connectivity index (χ4n) is 2.81. The Hall–Kier alpha value is -1.52. The second kappa shape index (κ2) is 5.46. The lowest BCUT2D eigenvalue weighted by Gasteiger charge is -2.35. The number of amides is 1. The zero-order valence-corrected chi connectivity index (χ0v) is 11.6. The van der Waals surface area contributed by atoms with E-state index in [-0.39, 0.29) is 5.91 Å². The topological polar surface area (TPSA) is 20.3 Å². The monoisotopic (exact) mass is 285 g/mol. The van der Waals surface area contributed by atoms with Crippen molar-refractivity contribution in [3.63, 3.8) is 0 Å². The Morgan fingerprint density at radius 1 is 1.10 bits per heavy atom. The SMILES string of the molecule is CC1CC(C)CN(C(=O)c2ccc(C(F)(F)F)cc2)C1. The molecule has 0 saturated carbocycles. The molecule has 1 fully saturated rings. The molecule has 0 N–H and O–H groups in total. The maximum absolute atomic E-state index is 12.5. The molecule has 0 radical (unpaired) electrons. The van der Waals surface area contributed by atoms with Crippen molar-refractivity contribution < 1.29 is 18.0 Å². The molecule has 0 spiro atoms. The van der Waals surface area contributed by atoms with Crippen molar-refractivity contribution in [1.29, 1.82) is 0 Å². The Morgan fingerprint density at radius 2 is 1.60 bits per heavy atom. The first-order valence-electron chi connectivity index (χ1n) is 6.74. The lowest BCUT2D eigenvalue weighted by molar-refractivity contribution is -0.137. The van der Waals surface area contributed by atoms with Crippen molar-refractivity contribution in [1.82, 2.24) is 4.90 Å². The quantitative estimate of drug-likeness (QED) is 0.768. The molecular weight excluding hydrogens is 267 g/mol. The summed E-state index contributed by atoms with van der Waals surface area (Å²) < 4.78 is 37.4. The molecule has 2 unspecified atom stereocenters. The first kappa shape index (κ1) is 14.9. The minimum atomic E-state index is -4.37. The van der Waals surface area contributed by atoms with E-state index in [9.17, 15) is 18.0 Å². The standard InChI is InChI=1S/C15H18F3NO/c1-10-7-11(2)9-19(8-10)14(20)12-3-5-13(6-4-12)15(16,17)18/h3-6,10-11H,7-9H2,1-2H3. The molecule has 1 aliphatic rings. The number of carbonyl (C=O) groups is 1. The molecular formula is C15H18F3NO. The number of alkyl halides is 3.